The summed E-state index contributed by atoms with van der Waals surface area (Å²) in [6.07, 6.45) is 5.31. The van der Waals surface area contributed by atoms with Crippen molar-refractivity contribution in [3.63, 3.8) is 0 Å². The van der Waals surface area contributed by atoms with Crippen LogP contribution in [-0.2, 0) is 4.79 Å². The van der Waals surface area contributed by atoms with Gasteiger partial charge in [-0.15, -0.1) is 0 Å². The van der Waals surface area contributed by atoms with E-state index < -0.39 is 0 Å². The molecule has 0 N–H and O–H groups in total. The van der Waals surface area contributed by atoms with Gasteiger partial charge in [0.05, 0.1) is 23.0 Å². The maximum Gasteiger partial charge on any atom is 0.225 e. The first-order valence-corrected chi connectivity index (χ1v) is 10.4. The zero-order valence-electron chi connectivity index (χ0n) is 18.7. The van der Waals surface area contributed by atoms with Crippen LogP contribution in [0, 0.1) is 19.3 Å². The Labute approximate surface area is 173 Å². The lowest BCUT2D eigenvalue weighted by atomic mass is 9.89. The van der Waals surface area contributed by atoms with Gasteiger partial charge in [0.1, 0.15) is 0 Å². The molecule has 0 spiro atoms. The zero-order chi connectivity index (χ0) is 21.3. The van der Waals surface area contributed by atoms with Crippen LogP contribution in [0.5, 0.6) is 0 Å². The van der Waals surface area contributed by atoms with Crippen molar-refractivity contribution < 1.29 is 9.32 Å². The molecule has 7 heteroatoms. The number of piperidine rings is 1. The Kier molecular flexibility index (Phi) is 5.96. The van der Waals surface area contributed by atoms with Crippen molar-refractivity contribution in [2.75, 3.05) is 25.5 Å². The van der Waals surface area contributed by atoms with E-state index in [0.29, 0.717) is 18.1 Å². The van der Waals surface area contributed by atoms with Crippen molar-refractivity contribution in [3.8, 4) is 11.3 Å². The van der Waals surface area contributed by atoms with Crippen molar-refractivity contribution in [2.45, 2.75) is 66.3 Å². The topological polar surface area (TPSA) is 75.4 Å². The minimum atomic E-state index is -0.0832. The van der Waals surface area contributed by atoms with Crippen molar-refractivity contribution in [1.29, 1.82) is 0 Å². The molecular weight excluding hydrogens is 366 g/mol. The molecule has 0 aromatic carbocycles. The van der Waals surface area contributed by atoms with Crippen LogP contribution in [0.2, 0.25) is 0 Å². The van der Waals surface area contributed by atoms with Gasteiger partial charge in [-0.2, -0.15) is 0 Å². The van der Waals surface area contributed by atoms with Gasteiger partial charge < -0.3 is 14.3 Å². The predicted octanol–water partition coefficient (Wildman–Crippen LogP) is 4.30. The molecule has 1 saturated heterocycles. The van der Waals surface area contributed by atoms with Crippen LogP contribution in [-0.4, -0.2) is 46.6 Å². The Morgan fingerprint density at radius 2 is 2.00 bits per heavy atom. The van der Waals surface area contributed by atoms with Crippen LogP contribution in [0.4, 0.5) is 5.95 Å². The Morgan fingerprint density at radius 1 is 1.28 bits per heavy atom. The number of nitrogens with zero attached hydrogens (tertiary/aromatic N) is 5. The third-order valence-corrected chi connectivity index (χ3v) is 5.43. The van der Waals surface area contributed by atoms with E-state index >= 15 is 0 Å². The fourth-order valence-corrected chi connectivity index (χ4v) is 3.77. The lowest BCUT2D eigenvalue weighted by molar-refractivity contribution is -0.137. The second-order valence-corrected chi connectivity index (χ2v) is 9.42. The van der Waals surface area contributed by atoms with Gasteiger partial charge in [-0.3, -0.25) is 4.79 Å². The number of anilines is 1. The van der Waals surface area contributed by atoms with Crippen LogP contribution in [0.1, 0.15) is 69.4 Å². The fraction of sp³-hybridized carbons (Fsp3) is 0.636. The minimum Gasteiger partial charge on any atom is -0.356 e. The number of carbonyl (C=O) groups is 1. The van der Waals surface area contributed by atoms with Crippen molar-refractivity contribution in [2.24, 2.45) is 5.41 Å². The summed E-state index contributed by atoms with van der Waals surface area (Å²) >= 11 is 0. The van der Waals surface area contributed by atoms with Crippen LogP contribution >= 0.6 is 0 Å². The summed E-state index contributed by atoms with van der Waals surface area (Å²) in [7, 11) is 3.85. The number of aryl methyl sites for hydroxylation is 1. The number of hydrogen-bond donors (Lipinski definition) is 0. The van der Waals surface area contributed by atoms with Gasteiger partial charge in [-0.1, -0.05) is 25.9 Å². The van der Waals surface area contributed by atoms with Gasteiger partial charge in [-0.05, 0) is 38.5 Å². The number of likely N-dealkylation sites (tertiary alicyclic amines) is 1. The molecule has 1 aliphatic rings. The van der Waals surface area contributed by atoms with Crippen molar-refractivity contribution in [3.05, 3.63) is 23.1 Å². The Hall–Kier alpha value is -2.44. The summed E-state index contributed by atoms with van der Waals surface area (Å²) in [4.78, 5) is 26.5. The molecule has 7 nitrogen and oxygen atoms in total. The van der Waals surface area contributed by atoms with E-state index in [1.807, 2.05) is 43.9 Å². The van der Waals surface area contributed by atoms with Gasteiger partial charge in [0.15, 0.2) is 5.76 Å². The molecule has 29 heavy (non-hydrogen) atoms. The van der Waals surface area contributed by atoms with Gasteiger partial charge in [0, 0.05) is 38.8 Å². The standard InChI is InChI=1S/C22H33N5O2/c1-14-15(2)25-29-20(14)16-13-23-21(26(6)7)24-19(16)17-10-8-9-11-27(17)18(28)12-22(3,4)5/h13,17H,8-12H2,1-7H3. The summed E-state index contributed by atoms with van der Waals surface area (Å²) in [5.74, 6) is 1.51. The molecule has 1 fully saturated rings. The van der Waals surface area contributed by atoms with E-state index in [0.717, 1.165) is 48.3 Å². The first-order chi connectivity index (χ1) is 13.6. The smallest absolute Gasteiger partial charge is 0.225 e. The summed E-state index contributed by atoms with van der Waals surface area (Å²) in [6.45, 7) is 11.0. The summed E-state index contributed by atoms with van der Waals surface area (Å²) in [5, 5.41) is 4.12. The third kappa shape index (κ3) is 4.60. The first-order valence-electron chi connectivity index (χ1n) is 10.4. The molecule has 0 radical (unpaired) electrons. The van der Waals surface area contributed by atoms with Crippen LogP contribution in [0.25, 0.3) is 11.3 Å². The number of amides is 1. The normalized spacial score (nSPS) is 17.5. The predicted molar refractivity (Wildman–Crippen MR) is 114 cm³/mol. The molecule has 2 aromatic rings. The SMILES string of the molecule is Cc1noc(-c2cnc(N(C)C)nc2C2CCCCN2C(=O)CC(C)(C)C)c1C. The first kappa shape index (κ1) is 21.3. The quantitative estimate of drug-likeness (QED) is 0.763. The van der Waals surface area contributed by atoms with Gasteiger partial charge in [-0.25, -0.2) is 9.97 Å². The fourth-order valence-electron chi connectivity index (χ4n) is 3.77. The van der Waals surface area contributed by atoms with E-state index in [9.17, 15) is 4.79 Å². The maximum absolute atomic E-state index is 13.2. The molecule has 158 valence electrons. The minimum absolute atomic E-state index is 0.0546. The average molecular weight is 400 g/mol. The lowest BCUT2D eigenvalue weighted by Gasteiger charge is -2.37. The molecule has 3 heterocycles. The van der Waals surface area contributed by atoms with E-state index in [-0.39, 0.29) is 17.4 Å². The molecule has 0 aliphatic carbocycles. The van der Waals surface area contributed by atoms with E-state index in [2.05, 4.69) is 30.9 Å². The maximum atomic E-state index is 13.2. The summed E-state index contributed by atoms with van der Waals surface area (Å²) in [6, 6.07) is -0.0832. The number of carbonyl (C=O) groups excluding carboxylic acids is 1. The summed E-state index contributed by atoms with van der Waals surface area (Å²) in [5.41, 5.74) is 3.46. The highest BCUT2D eigenvalue weighted by molar-refractivity contribution is 5.78. The van der Waals surface area contributed by atoms with Crippen LogP contribution < -0.4 is 4.90 Å². The molecular formula is C22H33N5O2. The monoisotopic (exact) mass is 399 g/mol. The molecule has 2 aromatic heterocycles. The largest absolute Gasteiger partial charge is 0.356 e. The molecule has 3 rings (SSSR count). The number of hydrogen-bond acceptors (Lipinski definition) is 6. The van der Waals surface area contributed by atoms with E-state index in [1.165, 1.54) is 0 Å². The Balaban J connectivity index is 2.09. The highest BCUT2D eigenvalue weighted by Crippen LogP contribution is 2.38. The van der Waals surface area contributed by atoms with Crippen LogP contribution in [0.15, 0.2) is 10.7 Å². The third-order valence-electron chi connectivity index (χ3n) is 5.43. The second kappa shape index (κ2) is 8.13. The lowest BCUT2D eigenvalue weighted by Crippen LogP contribution is -2.40. The highest BCUT2D eigenvalue weighted by atomic mass is 16.5. The molecule has 0 bridgehead atoms. The Morgan fingerprint density at radius 3 is 2.59 bits per heavy atom. The molecule has 1 atom stereocenters. The van der Waals surface area contributed by atoms with Gasteiger partial charge >= 0.3 is 0 Å². The zero-order valence-corrected chi connectivity index (χ0v) is 18.7. The van der Waals surface area contributed by atoms with E-state index in [4.69, 9.17) is 9.51 Å². The molecule has 1 unspecified atom stereocenters. The van der Waals surface area contributed by atoms with Crippen LogP contribution in [0.3, 0.4) is 0 Å². The number of aromatic nitrogens is 3. The number of rotatable bonds is 4. The highest BCUT2D eigenvalue weighted by Gasteiger charge is 2.34. The Bertz CT molecular complexity index is 882. The molecule has 1 aliphatic heterocycles. The van der Waals surface area contributed by atoms with Crippen molar-refractivity contribution in [1.82, 2.24) is 20.0 Å². The summed E-state index contributed by atoms with van der Waals surface area (Å²) < 4.78 is 5.64. The molecule has 1 amide bonds. The van der Waals surface area contributed by atoms with Gasteiger partial charge in [0.2, 0.25) is 11.9 Å². The van der Waals surface area contributed by atoms with Crippen molar-refractivity contribution >= 4 is 11.9 Å². The van der Waals surface area contributed by atoms with Gasteiger partial charge in [0.25, 0.3) is 0 Å². The second-order valence-electron chi connectivity index (χ2n) is 9.42. The molecule has 0 saturated carbocycles. The average Bonchev–Trinajstić information content (AvgIpc) is 2.98. The van der Waals surface area contributed by atoms with E-state index in [1.54, 1.807) is 0 Å².